The first-order chi connectivity index (χ1) is 7.33. The number of rotatable bonds is 3. The number of hydrogen-bond acceptors (Lipinski definition) is 4. The SMILES string of the molecule is C/C(=C\S(=O)(=O)c1ccc(C)cc1)[N+](=O)[O-]. The standard InChI is InChI=1S/C10H11NO4S/c1-8-3-5-10(6-4-8)16(14,15)7-9(2)11(12)13/h3-7H,1-2H3/b9-7+. The Labute approximate surface area is 93.5 Å². The third-order valence-electron chi connectivity index (χ3n) is 1.96. The molecule has 0 spiro atoms. The fraction of sp³-hybridized carbons (Fsp3) is 0.200. The molecular weight excluding hydrogens is 230 g/mol. The molecule has 0 bridgehead atoms. The summed E-state index contributed by atoms with van der Waals surface area (Å²) in [4.78, 5) is 9.66. The maximum Gasteiger partial charge on any atom is 0.254 e. The Morgan fingerprint density at radius 2 is 1.81 bits per heavy atom. The lowest BCUT2D eigenvalue weighted by Gasteiger charge is -1.99. The quantitative estimate of drug-likeness (QED) is 0.598. The molecular formula is C10H11NO4S. The van der Waals surface area contributed by atoms with Crippen LogP contribution < -0.4 is 0 Å². The zero-order chi connectivity index (χ0) is 12.3. The van der Waals surface area contributed by atoms with E-state index in [2.05, 4.69) is 0 Å². The van der Waals surface area contributed by atoms with Crippen molar-refractivity contribution in [1.29, 1.82) is 0 Å². The minimum absolute atomic E-state index is 0.0549. The summed E-state index contributed by atoms with van der Waals surface area (Å²) in [5, 5.41) is 11.0. The predicted octanol–water partition coefficient (Wildman–Crippen LogP) is 1.91. The zero-order valence-electron chi connectivity index (χ0n) is 8.88. The summed E-state index contributed by atoms with van der Waals surface area (Å²) in [6, 6.07) is 6.13. The van der Waals surface area contributed by atoms with E-state index in [0.717, 1.165) is 12.5 Å². The van der Waals surface area contributed by atoms with Crippen LogP contribution in [0, 0.1) is 17.0 Å². The molecule has 0 saturated heterocycles. The molecule has 0 atom stereocenters. The van der Waals surface area contributed by atoms with Crippen molar-refractivity contribution in [2.24, 2.45) is 0 Å². The van der Waals surface area contributed by atoms with Gasteiger partial charge in [0.1, 0.15) is 5.41 Å². The molecule has 0 aliphatic carbocycles. The molecule has 0 aliphatic heterocycles. The van der Waals surface area contributed by atoms with Gasteiger partial charge < -0.3 is 0 Å². The Hall–Kier alpha value is -1.69. The Balaban J connectivity index is 3.18. The summed E-state index contributed by atoms with van der Waals surface area (Å²) in [6.45, 7) is 2.97. The molecule has 1 aromatic carbocycles. The van der Waals surface area contributed by atoms with E-state index in [1.807, 2.05) is 6.92 Å². The summed E-state index contributed by atoms with van der Waals surface area (Å²) in [7, 11) is -3.72. The predicted molar refractivity (Wildman–Crippen MR) is 59.1 cm³/mol. The van der Waals surface area contributed by atoms with Gasteiger partial charge in [-0.25, -0.2) is 8.42 Å². The highest BCUT2D eigenvalue weighted by molar-refractivity contribution is 7.94. The highest BCUT2D eigenvalue weighted by atomic mass is 32.2. The average molecular weight is 241 g/mol. The van der Waals surface area contributed by atoms with Crippen LogP contribution in [0.3, 0.4) is 0 Å². The molecule has 0 heterocycles. The topological polar surface area (TPSA) is 77.3 Å². The van der Waals surface area contributed by atoms with Crippen molar-refractivity contribution in [2.45, 2.75) is 18.7 Å². The van der Waals surface area contributed by atoms with Gasteiger partial charge >= 0.3 is 0 Å². The van der Waals surface area contributed by atoms with Crippen LogP contribution in [-0.2, 0) is 9.84 Å². The van der Waals surface area contributed by atoms with E-state index in [1.165, 1.54) is 12.1 Å². The molecule has 0 N–H and O–H groups in total. The van der Waals surface area contributed by atoms with Gasteiger partial charge in [0.05, 0.1) is 9.82 Å². The number of nitro groups is 1. The number of allylic oxidation sites excluding steroid dienone is 1. The van der Waals surface area contributed by atoms with Crippen LogP contribution >= 0.6 is 0 Å². The fourth-order valence-electron chi connectivity index (χ4n) is 1.06. The second-order valence-electron chi connectivity index (χ2n) is 3.37. The highest BCUT2D eigenvalue weighted by Gasteiger charge is 2.15. The molecule has 0 fully saturated rings. The Morgan fingerprint density at radius 1 is 1.31 bits per heavy atom. The minimum Gasteiger partial charge on any atom is -0.259 e. The van der Waals surface area contributed by atoms with E-state index in [9.17, 15) is 18.5 Å². The maximum absolute atomic E-state index is 11.7. The summed E-state index contributed by atoms with van der Waals surface area (Å²) in [5.74, 6) is 0. The van der Waals surface area contributed by atoms with Crippen molar-refractivity contribution in [1.82, 2.24) is 0 Å². The van der Waals surface area contributed by atoms with Crippen LogP contribution in [0.2, 0.25) is 0 Å². The van der Waals surface area contributed by atoms with Gasteiger partial charge in [-0.2, -0.15) is 0 Å². The third-order valence-corrected chi connectivity index (χ3v) is 3.54. The molecule has 0 amide bonds. The third kappa shape index (κ3) is 2.90. The summed E-state index contributed by atoms with van der Waals surface area (Å²) < 4.78 is 23.4. The normalized spacial score (nSPS) is 12.5. The first-order valence-corrected chi connectivity index (χ1v) is 6.02. The summed E-state index contributed by atoms with van der Waals surface area (Å²) in [5.41, 5.74) is 0.523. The van der Waals surface area contributed by atoms with E-state index < -0.39 is 20.5 Å². The second-order valence-corrected chi connectivity index (χ2v) is 5.17. The van der Waals surface area contributed by atoms with Gasteiger partial charge in [0.15, 0.2) is 0 Å². The van der Waals surface area contributed by atoms with Crippen LogP contribution in [0.5, 0.6) is 0 Å². The molecule has 1 rings (SSSR count). The van der Waals surface area contributed by atoms with Crippen molar-refractivity contribution in [2.75, 3.05) is 0 Å². The average Bonchev–Trinajstić information content (AvgIpc) is 2.17. The number of benzene rings is 1. The molecule has 16 heavy (non-hydrogen) atoms. The van der Waals surface area contributed by atoms with E-state index in [0.29, 0.717) is 5.41 Å². The summed E-state index contributed by atoms with van der Waals surface area (Å²) >= 11 is 0. The van der Waals surface area contributed by atoms with E-state index in [1.54, 1.807) is 12.1 Å². The van der Waals surface area contributed by atoms with Gasteiger partial charge in [0, 0.05) is 6.92 Å². The monoisotopic (exact) mass is 241 g/mol. The lowest BCUT2D eigenvalue weighted by atomic mass is 10.2. The van der Waals surface area contributed by atoms with Crippen molar-refractivity contribution in [3.05, 3.63) is 51.0 Å². The van der Waals surface area contributed by atoms with Gasteiger partial charge in [0.2, 0.25) is 9.84 Å². The maximum atomic E-state index is 11.7. The van der Waals surface area contributed by atoms with Crippen LogP contribution in [-0.4, -0.2) is 13.3 Å². The molecule has 6 heteroatoms. The van der Waals surface area contributed by atoms with Gasteiger partial charge in [-0.1, -0.05) is 17.7 Å². The van der Waals surface area contributed by atoms with E-state index in [-0.39, 0.29) is 4.90 Å². The molecule has 0 unspecified atom stereocenters. The number of hydrogen-bond donors (Lipinski definition) is 0. The van der Waals surface area contributed by atoms with Crippen LogP contribution in [0.15, 0.2) is 40.3 Å². The van der Waals surface area contributed by atoms with E-state index in [4.69, 9.17) is 0 Å². The Bertz CT molecular complexity index is 528. The highest BCUT2D eigenvalue weighted by Crippen LogP contribution is 2.14. The Morgan fingerprint density at radius 3 is 2.25 bits per heavy atom. The Kier molecular flexibility index (Phi) is 3.44. The lowest BCUT2D eigenvalue weighted by Crippen LogP contribution is -2.01. The van der Waals surface area contributed by atoms with Crippen LogP contribution in [0.1, 0.15) is 12.5 Å². The number of nitrogens with zero attached hydrogens (tertiary/aromatic N) is 1. The lowest BCUT2D eigenvalue weighted by molar-refractivity contribution is -0.424. The van der Waals surface area contributed by atoms with Crippen molar-refractivity contribution >= 4 is 9.84 Å². The van der Waals surface area contributed by atoms with Crippen LogP contribution in [0.25, 0.3) is 0 Å². The molecule has 0 aromatic heterocycles. The zero-order valence-corrected chi connectivity index (χ0v) is 9.69. The fourth-order valence-corrected chi connectivity index (χ4v) is 2.25. The van der Waals surface area contributed by atoms with Crippen molar-refractivity contribution in [3.8, 4) is 0 Å². The largest absolute Gasteiger partial charge is 0.259 e. The molecule has 86 valence electrons. The van der Waals surface area contributed by atoms with Gasteiger partial charge in [-0.15, -0.1) is 0 Å². The first kappa shape index (κ1) is 12.4. The molecule has 0 aliphatic rings. The van der Waals surface area contributed by atoms with Gasteiger partial charge in [0.25, 0.3) is 5.70 Å². The molecule has 0 saturated carbocycles. The molecule has 0 radical (unpaired) electrons. The molecule has 5 nitrogen and oxygen atoms in total. The first-order valence-electron chi connectivity index (χ1n) is 4.47. The second kappa shape index (κ2) is 4.44. The minimum atomic E-state index is -3.72. The number of aryl methyl sites for hydroxylation is 1. The van der Waals surface area contributed by atoms with Gasteiger partial charge in [-0.05, 0) is 19.1 Å². The number of sulfone groups is 1. The van der Waals surface area contributed by atoms with Gasteiger partial charge in [-0.3, -0.25) is 10.1 Å². The van der Waals surface area contributed by atoms with E-state index >= 15 is 0 Å². The summed E-state index contributed by atoms with van der Waals surface area (Å²) in [6.07, 6.45) is 0. The van der Waals surface area contributed by atoms with Crippen LogP contribution in [0.4, 0.5) is 0 Å². The van der Waals surface area contributed by atoms with Crippen molar-refractivity contribution < 1.29 is 13.3 Å². The molecule has 1 aromatic rings. The van der Waals surface area contributed by atoms with Crippen molar-refractivity contribution in [3.63, 3.8) is 0 Å². The smallest absolute Gasteiger partial charge is 0.254 e.